The summed E-state index contributed by atoms with van der Waals surface area (Å²) in [5.41, 5.74) is 4.00. The lowest BCUT2D eigenvalue weighted by Gasteiger charge is -2.20. The fraction of sp³-hybridized carbons (Fsp3) is 0.500. The molecule has 0 unspecified atom stereocenters. The predicted octanol–water partition coefficient (Wildman–Crippen LogP) is 3.18. The van der Waals surface area contributed by atoms with E-state index in [9.17, 15) is 0 Å². The first kappa shape index (κ1) is 11.9. The van der Waals surface area contributed by atoms with Gasteiger partial charge in [-0.3, -0.25) is 10.7 Å². The maximum atomic E-state index is 9.01. The maximum absolute atomic E-state index is 9.01. The Morgan fingerprint density at radius 2 is 2.00 bits per heavy atom. The zero-order valence-electron chi connectivity index (χ0n) is 9.79. The van der Waals surface area contributed by atoms with Crippen LogP contribution < -0.4 is 10.2 Å². The molecule has 0 bridgehead atoms. The van der Waals surface area contributed by atoms with Gasteiger partial charge in [-0.2, -0.15) is 0 Å². The molecule has 1 rings (SSSR count). The second-order valence-corrected chi connectivity index (χ2v) is 4.51. The van der Waals surface area contributed by atoms with E-state index in [1.54, 1.807) is 0 Å². The summed E-state index contributed by atoms with van der Waals surface area (Å²) >= 11 is 0. The van der Waals surface area contributed by atoms with Crippen LogP contribution in [0.4, 0.5) is 5.69 Å². The van der Waals surface area contributed by atoms with Gasteiger partial charge < -0.3 is 4.74 Å². The Hall–Kier alpha value is -1.22. The molecule has 0 saturated carbocycles. The summed E-state index contributed by atoms with van der Waals surface area (Å²) < 4.78 is 5.37. The van der Waals surface area contributed by atoms with E-state index in [0.717, 1.165) is 5.56 Å². The lowest BCUT2D eigenvalue weighted by molar-refractivity contribution is 0.331. The van der Waals surface area contributed by atoms with Gasteiger partial charge in [0, 0.05) is 0 Å². The summed E-state index contributed by atoms with van der Waals surface area (Å²) in [4.78, 5) is 0. The van der Waals surface area contributed by atoms with Crippen molar-refractivity contribution in [2.45, 2.75) is 33.1 Å². The zero-order valence-corrected chi connectivity index (χ0v) is 9.79. The van der Waals surface area contributed by atoms with Crippen molar-refractivity contribution in [3.63, 3.8) is 0 Å². The molecule has 0 aliphatic carbocycles. The lowest BCUT2D eigenvalue weighted by atomic mass is 9.87. The minimum Gasteiger partial charge on any atom is -0.492 e. The van der Waals surface area contributed by atoms with Crippen molar-refractivity contribution in [3.05, 3.63) is 23.8 Å². The SMILES string of the molecule is CCOc1ccc(C(C)(C)C)cc1NO. The van der Waals surface area contributed by atoms with Gasteiger partial charge in [0.25, 0.3) is 0 Å². The van der Waals surface area contributed by atoms with Crippen LogP contribution in [0.5, 0.6) is 5.75 Å². The van der Waals surface area contributed by atoms with E-state index in [2.05, 4.69) is 26.3 Å². The van der Waals surface area contributed by atoms with Crippen LogP contribution in [0.1, 0.15) is 33.3 Å². The van der Waals surface area contributed by atoms with Gasteiger partial charge in [-0.15, -0.1) is 0 Å². The molecule has 0 aliphatic heterocycles. The molecule has 84 valence electrons. The second-order valence-electron chi connectivity index (χ2n) is 4.51. The maximum Gasteiger partial charge on any atom is 0.144 e. The highest BCUT2D eigenvalue weighted by atomic mass is 16.5. The molecule has 0 radical (unpaired) electrons. The number of nitrogens with one attached hydrogen (secondary N) is 1. The number of ether oxygens (including phenoxy) is 1. The number of benzene rings is 1. The zero-order chi connectivity index (χ0) is 11.5. The van der Waals surface area contributed by atoms with Crippen LogP contribution in [0, 0.1) is 0 Å². The van der Waals surface area contributed by atoms with Gasteiger partial charge in [-0.1, -0.05) is 26.8 Å². The van der Waals surface area contributed by atoms with Gasteiger partial charge in [-0.05, 0) is 30.0 Å². The Bertz CT molecular complexity index is 329. The quantitative estimate of drug-likeness (QED) is 0.751. The van der Waals surface area contributed by atoms with E-state index in [1.807, 2.05) is 25.1 Å². The van der Waals surface area contributed by atoms with Crippen LogP contribution in [-0.2, 0) is 5.41 Å². The fourth-order valence-corrected chi connectivity index (χ4v) is 1.37. The molecular weight excluding hydrogens is 190 g/mol. The first-order valence-electron chi connectivity index (χ1n) is 5.16. The molecule has 0 heterocycles. The van der Waals surface area contributed by atoms with Gasteiger partial charge >= 0.3 is 0 Å². The third kappa shape index (κ3) is 2.86. The predicted molar refractivity (Wildman–Crippen MR) is 61.7 cm³/mol. The van der Waals surface area contributed by atoms with Crippen molar-refractivity contribution in [3.8, 4) is 5.75 Å². The van der Waals surface area contributed by atoms with Crippen LogP contribution in [0.2, 0.25) is 0 Å². The molecule has 0 amide bonds. The summed E-state index contributed by atoms with van der Waals surface area (Å²) in [5.74, 6) is 0.674. The molecule has 0 aliphatic rings. The molecule has 2 N–H and O–H groups in total. The van der Waals surface area contributed by atoms with Crippen LogP contribution in [0.25, 0.3) is 0 Å². The Labute approximate surface area is 91.0 Å². The van der Waals surface area contributed by atoms with Gasteiger partial charge in [0.2, 0.25) is 0 Å². The normalized spacial score (nSPS) is 11.3. The van der Waals surface area contributed by atoms with Gasteiger partial charge in [0.05, 0.1) is 6.61 Å². The number of hydrogen-bond donors (Lipinski definition) is 2. The molecule has 0 spiro atoms. The molecule has 3 nitrogen and oxygen atoms in total. The number of rotatable bonds is 3. The highest BCUT2D eigenvalue weighted by Crippen LogP contribution is 2.31. The first-order valence-corrected chi connectivity index (χ1v) is 5.16. The van der Waals surface area contributed by atoms with Crippen molar-refractivity contribution in [2.75, 3.05) is 12.1 Å². The topological polar surface area (TPSA) is 41.5 Å². The standard InChI is InChI=1S/C12H19NO2/c1-5-15-11-7-6-9(12(2,3)4)8-10(11)13-14/h6-8,13-14H,5H2,1-4H3. The lowest BCUT2D eigenvalue weighted by Crippen LogP contribution is -2.11. The molecule has 3 heteroatoms. The Kier molecular flexibility index (Phi) is 3.58. The molecule has 0 atom stereocenters. The summed E-state index contributed by atoms with van der Waals surface area (Å²) in [6.45, 7) is 8.89. The second kappa shape index (κ2) is 4.53. The van der Waals surface area contributed by atoms with Gasteiger partial charge in [-0.25, -0.2) is 0 Å². The van der Waals surface area contributed by atoms with Crippen LogP contribution in [0.3, 0.4) is 0 Å². The summed E-state index contributed by atoms with van der Waals surface area (Å²) in [6.07, 6.45) is 0. The minimum absolute atomic E-state index is 0.0658. The average molecular weight is 209 g/mol. The third-order valence-electron chi connectivity index (χ3n) is 2.27. The smallest absolute Gasteiger partial charge is 0.144 e. The fourth-order valence-electron chi connectivity index (χ4n) is 1.37. The van der Waals surface area contributed by atoms with E-state index < -0.39 is 0 Å². The first-order chi connectivity index (χ1) is 6.99. The van der Waals surface area contributed by atoms with Gasteiger partial charge in [0.15, 0.2) is 0 Å². The molecule has 1 aromatic carbocycles. The highest BCUT2D eigenvalue weighted by molar-refractivity contribution is 5.57. The van der Waals surface area contributed by atoms with E-state index in [4.69, 9.17) is 9.94 Å². The molecule has 0 aromatic heterocycles. The van der Waals surface area contributed by atoms with E-state index >= 15 is 0 Å². The van der Waals surface area contributed by atoms with E-state index in [-0.39, 0.29) is 5.41 Å². The van der Waals surface area contributed by atoms with Crippen LogP contribution in [-0.4, -0.2) is 11.8 Å². The Morgan fingerprint density at radius 3 is 2.47 bits per heavy atom. The van der Waals surface area contributed by atoms with E-state index in [0.29, 0.717) is 18.0 Å². The van der Waals surface area contributed by atoms with Crippen molar-refractivity contribution in [1.29, 1.82) is 0 Å². The Balaban J connectivity index is 3.08. The monoisotopic (exact) mass is 209 g/mol. The largest absolute Gasteiger partial charge is 0.492 e. The summed E-state index contributed by atoms with van der Waals surface area (Å²) in [6, 6.07) is 5.81. The third-order valence-corrected chi connectivity index (χ3v) is 2.27. The molecule has 0 fully saturated rings. The summed E-state index contributed by atoms with van der Waals surface area (Å²) in [5, 5.41) is 9.01. The molecule has 15 heavy (non-hydrogen) atoms. The van der Waals surface area contributed by atoms with Crippen molar-refractivity contribution in [2.24, 2.45) is 0 Å². The van der Waals surface area contributed by atoms with E-state index in [1.165, 1.54) is 0 Å². The van der Waals surface area contributed by atoms with Crippen molar-refractivity contribution >= 4 is 5.69 Å². The Morgan fingerprint density at radius 1 is 1.33 bits per heavy atom. The molecule has 1 aromatic rings. The van der Waals surface area contributed by atoms with Crippen molar-refractivity contribution < 1.29 is 9.94 Å². The average Bonchev–Trinajstić information content (AvgIpc) is 2.17. The molecular formula is C12H19NO2. The number of hydrogen-bond acceptors (Lipinski definition) is 3. The summed E-state index contributed by atoms with van der Waals surface area (Å²) in [7, 11) is 0. The van der Waals surface area contributed by atoms with Crippen LogP contribution >= 0.6 is 0 Å². The highest BCUT2D eigenvalue weighted by Gasteiger charge is 2.15. The minimum atomic E-state index is 0.0658. The number of anilines is 1. The van der Waals surface area contributed by atoms with Gasteiger partial charge in [0.1, 0.15) is 11.4 Å². The van der Waals surface area contributed by atoms with Crippen LogP contribution in [0.15, 0.2) is 18.2 Å². The molecule has 0 saturated heterocycles. The van der Waals surface area contributed by atoms with Crippen molar-refractivity contribution in [1.82, 2.24) is 0 Å².